The lowest BCUT2D eigenvalue weighted by Crippen LogP contribution is -2.26. The molecule has 0 atom stereocenters. The summed E-state index contributed by atoms with van der Waals surface area (Å²) < 4.78 is 38.9. The van der Waals surface area contributed by atoms with Crippen LogP contribution < -0.4 is 0 Å². The Labute approximate surface area is 121 Å². The molecule has 0 spiro atoms. The van der Waals surface area contributed by atoms with Crippen molar-refractivity contribution in [3.05, 3.63) is 52.0 Å². The molecule has 1 N–H and O–H groups in total. The van der Waals surface area contributed by atoms with Gasteiger partial charge in [0.2, 0.25) is 10.0 Å². The number of aliphatic hydroxyl groups excluding tert-OH is 1. The number of halogens is 1. The first-order valence-corrected chi connectivity index (χ1v) is 8.14. The normalized spacial score (nSPS) is 12.0. The Hall–Kier alpha value is -1.28. The van der Waals surface area contributed by atoms with Crippen molar-refractivity contribution in [3.63, 3.8) is 0 Å². The summed E-state index contributed by atoms with van der Waals surface area (Å²) in [5.74, 6) is -0.397. The van der Waals surface area contributed by atoms with Crippen LogP contribution in [-0.2, 0) is 23.2 Å². The molecule has 108 valence electrons. The van der Waals surface area contributed by atoms with Gasteiger partial charge in [-0.1, -0.05) is 12.1 Å². The van der Waals surface area contributed by atoms with Crippen LogP contribution in [0.4, 0.5) is 4.39 Å². The number of aliphatic hydroxyl groups is 1. The Bertz CT molecular complexity index is 697. The minimum absolute atomic E-state index is 0.0877. The molecule has 2 rings (SSSR count). The lowest BCUT2D eigenvalue weighted by atomic mass is 10.2. The number of hydrogen-bond donors (Lipinski definition) is 1. The quantitative estimate of drug-likeness (QED) is 0.920. The van der Waals surface area contributed by atoms with Crippen molar-refractivity contribution >= 4 is 21.4 Å². The van der Waals surface area contributed by atoms with Gasteiger partial charge < -0.3 is 5.11 Å². The van der Waals surface area contributed by atoms with Crippen molar-refractivity contribution in [1.29, 1.82) is 0 Å². The van der Waals surface area contributed by atoms with E-state index in [-0.39, 0.29) is 18.0 Å². The predicted molar refractivity (Wildman–Crippen MR) is 75.3 cm³/mol. The molecule has 0 saturated carbocycles. The minimum Gasteiger partial charge on any atom is -0.391 e. The summed E-state index contributed by atoms with van der Waals surface area (Å²) in [5, 5.41) is 10.5. The Morgan fingerprint density at radius 1 is 1.35 bits per heavy atom. The van der Waals surface area contributed by atoms with Gasteiger partial charge in [0.15, 0.2) is 0 Å². The monoisotopic (exact) mass is 315 g/mol. The fourth-order valence-corrected chi connectivity index (χ4v) is 4.02. The van der Waals surface area contributed by atoms with Crippen LogP contribution in [-0.4, -0.2) is 24.9 Å². The molecule has 0 amide bonds. The molecule has 7 heteroatoms. The van der Waals surface area contributed by atoms with Gasteiger partial charge in [-0.15, -0.1) is 11.3 Å². The standard InChI is InChI=1S/C13H14FNO3S2/c1-15(7-10-3-2-4-11(14)5-10)20(17,18)13-6-12(8-16)19-9-13/h2-6,9,16H,7-8H2,1H3. The van der Waals surface area contributed by atoms with Crippen LogP contribution in [0.25, 0.3) is 0 Å². The first-order valence-electron chi connectivity index (χ1n) is 5.82. The molecule has 0 saturated heterocycles. The predicted octanol–water partition coefficient (Wildman–Crippen LogP) is 2.20. The maximum Gasteiger partial charge on any atom is 0.243 e. The van der Waals surface area contributed by atoms with Gasteiger partial charge in [0.1, 0.15) is 5.82 Å². The summed E-state index contributed by atoms with van der Waals surface area (Å²) in [5.41, 5.74) is 0.577. The molecule has 1 aromatic carbocycles. The van der Waals surface area contributed by atoms with Crippen molar-refractivity contribution in [2.45, 2.75) is 18.0 Å². The summed E-state index contributed by atoms with van der Waals surface area (Å²) in [6.07, 6.45) is 0. The van der Waals surface area contributed by atoms with Crippen LogP contribution in [0.2, 0.25) is 0 Å². The SMILES string of the molecule is CN(Cc1cccc(F)c1)S(=O)(=O)c1csc(CO)c1. The van der Waals surface area contributed by atoms with E-state index in [1.807, 2.05) is 0 Å². The van der Waals surface area contributed by atoms with Crippen LogP contribution in [0, 0.1) is 5.82 Å². The zero-order valence-corrected chi connectivity index (χ0v) is 12.4. The van der Waals surface area contributed by atoms with Gasteiger partial charge >= 0.3 is 0 Å². The van der Waals surface area contributed by atoms with E-state index < -0.39 is 15.8 Å². The second-order valence-corrected chi connectivity index (χ2v) is 7.34. The molecule has 20 heavy (non-hydrogen) atoms. The van der Waals surface area contributed by atoms with Crippen LogP contribution >= 0.6 is 11.3 Å². The Morgan fingerprint density at radius 2 is 2.10 bits per heavy atom. The largest absolute Gasteiger partial charge is 0.391 e. The molecule has 0 radical (unpaired) electrons. The summed E-state index contributed by atoms with van der Waals surface area (Å²) in [4.78, 5) is 0.730. The molecule has 1 heterocycles. The van der Waals surface area contributed by atoms with E-state index in [2.05, 4.69) is 0 Å². The van der Waals surface area contributed by atoms with Crippen LogP contribution in [0.15, 0.2) is 40.6 Å². The summed E-state index contributed by atoms with van der Waals surface area (Å²) in [6.45, 7) is -0.0990. The van der Waals surface area contributed by atoms with Crippen molar-refractivity contribution in [2.75, 3.05) is 7.05 Å². The fourth-order valence-electron chi connectivity index (χ4n) is 1.74. The van der Waals surface area contributed by atoms with E-state index in [1.165, 1.54) is 42.0 Å². The maximum absolute atomic E-state index is 13.1. The lowest BCUT2D eigenvalue weighted by molar-refractivity contribution is 0.285. The highest BCUT2D eigenvalue weighted by Crippen LogP contribution is 2.23. The van der Waals surface area contributed by atoms with E-state index in [9.17, 15) is 12.8 Å². The molecule has 0 aliphatic heterocycles. The van der Waals surface area contributed by atoms with Gasteiger partial charge in [-0.25, -0.2) is 12.8 Å². The Balaban J connectivity index is 2.21. The molecule has 4 nitrogen and oxygen atoms in total. The molecule has 1 aromatic heterocycles. The van der Waals surface area contributed by atoms with E-state index in [1.54, 1.807) is 12.1 Å². The van der Waals surface area contributed by atoms with Crippen molar-refractivity contribution in [2.24, 2.45) is 0 Å². The fraction of sp³-hybridized carbons (Fsp3) is 0.231. The third-order valence-corrected chi connectivity index (χ3v) is 5.64. The number of hydrogen-bond acceptors (Lipinski definition) is 4. The highest BCUT2D eigenvalue weighted by molar-refractivity contribution is 7.89. The molecule has 0 unspecified atom stereocenters. The summed E-state index contributed by atoms with van der Waals surface area (Å²) in [7, 11) is -2.19. The number of sulfonamides is 1. The Kier molecular flexibility index (Phi) is 4.54. The number of rotatable bonds is 5. The molecular formula is C13H14FNO3S2. The van der Waals surface area contributed by atoms with Crippen molar-refractivity contribution in [1.82, 2.24) is 4.31 Å². The molecular weight excluding hydrogens is 301 g/mol. The second kappa shape index (κ2) is 6.01. The molecule has 0 aliphatic rings. The molecule has 0 aliphatic carbocycles. The minimum atomic E-state index is -3.63. The zero-order chi connectivity index (χ0) is 14.8. The Morgan fingerprint density at radius 3 is 2.70 bits per heavy atom. The maximum atomic E-state index is 13.1. The van der Waals surface area contributed by atoms with Gasteiger partial charge in [-0.2, -0.15) is 4.31 Å². The van der Waals surface area contributed by atoms with Crippen LogP contribution in [0.1, 0.15) is 10.4 Å². The van der Waals surface area contributed by atoms with Crippen molar-refractivity contribution < 1.29 is 17.9 Å². The first kappa shape index (κ1) is 15.1. The first-order chi connectivity index (χ1) is 9.43. The van der Waals surface area contributed by atoms with Crippen molar-refractivity contribution in [3.8, 4) is 0 Å². The third kappa shape index (κ3) is 3.24. The van der Waals surface area contributed by atoms with E-state index >= 15 is 0 Å². The summed E-state index contributed by atoms with van der Waals surface area (Å²) in [6, 6.07) is 7.27. The highest BCUT2D eigenvalue weighted by Gasteiger charge is 2.22. The third-order valence-electron chi connectivity index (χ3n) is 2.79. The number of benzene rings is 1. The second-order valence-electron chi connectivity index (χ2n) is 4.30. The molecule has 0 fully saturated rings. The average molecular weight is 315 g/mol. The smallest absolute Gasteiger partial charge is 0.243 e. The van der Waals surface area contributed by atoms with E-state index in [0.29, 0.717) is 10.4 Å². The zero-order valence-electron chi connectivity index (χ0n) is 10.8. The number of thiophene rings is 1. The van der Waals surface area contributed by atoms with Gasteiger partial charge in [0.25, 0.3) is 0 Å². The summed E-state index contributed by atoms with van der Waals surface area (Å²) >= 11 is 1.19. The number of nitrogens with zero attached hydrogens (tertiary/aromatic N) is 1. The van der Waals surface area contributed by atoms with Crippen LogP contribution in [0.3, 0.4) is 0 Å². The van der Waals surface area contributed by atoms with E-state index in [0.717, 1.165) is 4.31 Å². The molecule has 0 bridgehead atoms. The van der Waals surface area contributed by atoms with Crippen LogP contribution in [0.5, 0.6) is 0 Å². The highest BCUT2D eigenvalue weighted by atomic mass is 32.2. The molecule has 2 aromatic rings. The van der Waals surface area contributed by atoms with E-state index in [4.69, 9.17) is 5.11 Å². The van der Waals surface area contributed by atoms with Gasteiger partial charge in [0, 0.05) is 23.8 Å². The lowest BCUT2D eigenvalue weighted by Gasteiger charge is -2.16. The average Bonchev–Trinajstić information content (AvgIpc) is 2.88. The van der Waals surface area contributed by atoms with Gasteiger partial charge in [-0.3, -0.25) is 0 Å². The topological polar surface area (TPSA) is 57.6 Å². The van der Waals surface area contributed by atoms with Gasteiger partial charge in [-0.05, 0) is 23.8 Å². The van der Waals surface area contributed by atoms with Gasteiger partial charge in [0.05, 0.1) is 11.5 Å².